The van der Waals surface area contributed by atoms with Crippen LogP contribution in [0.25, 0.3) is 28.6 Å². The molecule has 0 saturated heterocycles. The molecule has 10 heteroatoms. The van der Waals surface area contributed by atoms with Crippen LogP contribution in [0.4, 0.5) is 11.6 Å². The Morgan fingerprint density at radius 3 is 2.70 bits per heavy atom. The van der Waals surface area contributed by atoms with Crippen LogP contribution in [-0.2, 0) is 7.05 Å². The Hall–Kier alpha value is -5.09. The number of nitrogen functional groups attached to an aromatic ring is 1. The molecule has 0 fully saturated rings. The molecule has 0 saturated carbocycles. The van der Waals surface area contributed by atoms with Gasteiger partial charge in [0.15, 0.2) is 11.6 Å². The number of aliphatic imine (C=N–C) groups is 1. The molecule has 0 aliphatic rings. The molecular weight excluding hydrogens is 522 g/mol. The first-order valence-electron chi connectivity index (χ1n) is 12.5. The molecule has 3 heterocycles. The average Bonchev–Trinajstić information content (AvgIpc) is 3.57. The van der Waals surface area contributed by atoms with Crippen LogP contribution in [0.3, 0.4) is 0 Å². The van der Waals surface area contributed by atoms with Gasteiger partial charge in [-0.2, -0.15) is 5.10 Å². The smallest absolute Gasteiger partial charge is 0.263 e. The molecule has 2 aromatic carbocycles. The number of benzene rings is 2. The zero-order valence-electron chi connectivity index (χ0n) is 22.0. The van der Waals surface area contributed by atoms with E-state index < -0.39 is 11.9 Å². The summed E-state index contributed by atoms with van der Waals surface area (Å²) in [6.45, 7) is 5.45. The van der Waals surface area contributed by atoms with Gasteiger partial charge in [0.25, 0.3) is 11.5 Å². The van der Waals surface area contributed by atoms with Gasteiger partial charge in [0.2, 0.25) is 0 Å². The SMILES string of the molecule is C=C/C=N\c1c(C(=O)NC(C)c2cc3cccc(/C=C/c4nccs4)c3c(=O)n2-c2ccccc2)c(N)nn1C. The molecule has 1 atom stereocenters. The number of nitrogens with two attached hydrogens (primary N) is 1. The third-order valence-electron chi connectivity index (χ3n) is 6.34. The molecule has 3 N–H and O–H groups in total. The molecule has 0 radical (unpaired) electrons. The van der Waals surface area contributed by atoms with Crippen LogP contribution in [0.5, 0.6) is 0 Å². The van der Waals surface area contributed by atoms with E-state index in [0.29, 0.717) is 22.6 Å². The number of nitrogens with one attached hydrogen (secondary N) is 1. The van der Waals surface area contributed by atoms with Crippen LogP contribution >= 0.6 is 11.3 Å². The summed E-state index contributed by atoms with van der Waals surface area (Å²) in [5, 5.41) is 11.2. The molecule has 1 amide bonds. The number of carbonyl (C=O) groups is 1. The van der Waals surface area contributed by atoms with Crippen molar-refractivity contribution >= 4 is 58.0 Å². The standard InChI is InChI=1S/C30H27N7O2S/c1-4-15-33-28-26(27(31)35-36(28)3)29(38)34-19(2)23-18-21-10-8-9-20(13-14-24-32-16-17-40-24)25(21)30(39)37(23)22-11-6-5-7-12-22/h4-19H,1H2,2-3H3,(H2,31,35)(H,34,38)/b14-13+,33-15-. The van der Waals surface area contributed by atoms with Crippen molar-refractivity contribution in [2.75, 3.05) is 5.73 Å². The van der Waals surface area contributed by atoms with Gasteiger partial charge in [-0.25, -0.2) is 14.7 Å². The number of amides is 1. The lowest BCUT2D eigenvalue weighted by atomic mass is 10.0. The highest BCUT2D eigenvalue weighted by molar-refractivity contribution is 7.10. The molecule has 5 rings (SSSR count). The number of carbonyl (C=O) groups excluding carboxylic acids is 1. The zero-order valence-corrected chi connectivity index (χ0v) is 22.8. The fraction of sp³-hybridized carbons (Fsp3) is 0.100. The van der Waals surface area contributed by atoms with Crippen molar-refractivity contribution in [3.8, 4) is 5.69 Å². The van der Waals surface area contributed by atoms with E-state index in [2.05, 4.69) is 27.0 Å². The molecule has 40 heavy (non-hydrogen) atoms. The highest BCUT2D eigenvalue weighted by Gasteiger charge is 2.24. The van der Waals surface area contributed by atoms with Gasteiger partial charge in [0.05, 0.1) is 11.4 Å². The third-order valence-corrected chi connectivity index (χ3v) is 7.08. The molecule has 0 aliphatic carbocycles. The number of aromatic nitrogens is 4. The van der Waals surface area contributed by atoms with E-state index in [9.17, 15) is 9.59 Å². The molecule has 9 nitrogen and oxygen atoms in total. The maximum absolute atomic E-state index is 14.2. The summed E-state index contributed by atoms with van der Waals surface area (Å²) >= 11 is 1.52. The van der Waals surface area contributed by atoms with Crippen molar-refractivity contribution in [3.63, 3.8) is 0 Å². The topological polar surface area (TPSA) is 120 Å². The molecule has 0 aliphatic heterocycles. The largest absolute Gasteiger partial charge is 0.381 e. The first-order chi connectivity index (χ1) is 19.4. The fourth-order valence-electron chi connectivity index (χ4n) is 4.56. The molecule has 0 bridgehead atoms. The summed E-state index contributed by atoms with van der Waals surface area (Å²) in [5.41, 5.74) is 8.09. The minimum absolute atomic E-state index is 0.0547. The average molecular weight is 550 g/mol. The van der Waals surface area contributed by atoms with Crippen molar-refractivity contribution in [1.82, 2.24) is 24.6 Å². The van der Waals surface area contributed by atoms with E-state index in [-0.39, 0.29) is 16.9 Å². The van der Waals surface area contributed by atoms with Gasteiger partial charge >= 0.3 is 0 Å². The summed E-state index contributed by atoms with van der Waals surface area (Å²) in [6.07, 6.45) is 8.51. The van der Waals surface area contributed by atoms with Gasteiger partial charge < -0.3 is 11.1 Å². The second kappa shape index (κ2) is 11.3. The summed E-state index contributed by atoms with van der Waals surface area (Å²) < 4.78 is 3.07. The van der Waals surface area contributed by atoms with Gasteiger partial charge in [-0.05, 0) is 42.1 Å². The number of pyridine rings is 1. The van der Waals surface area contributed by atoms with Crippen LogP contribution < -0.4 is 16.6 Å². The van der Waals surface area contributed by atoms with Crippen molar-refractivity contribution in [2.45, 2.75) is 13.0 Å². The minimum Gasteiger partial charge on any atom is -0.381 e. The molecule has 0 spiro atoms. The van der Waals surface area contributed by atoms with E-state index >= 15 is 0 Å². The normalized spacial score (nSPS) is 12.3. The van der Waals surface area contributed by atoms with Crippen molar-refractivity contribution in [3.05, 3.63) is 111 Å². The van der Waals surface area contributed by atoms with Crippen molar-refractivity contribution in [2.24, 2.45) is 12.0 Å². The van der Waals surface area contributed by atoms with E-state index in [1.807, 2.05) is 79.1 Å². The number of rotatable bonds is 8. The van der Waals surface area contributed by atoms with Crippen LogP contribution in [0.2, 0.25) is 0 Å². The number of aryl methyl sites for hydroxylation is 1. The lowest BCUT2D eigenvalue weighted by Gasteiger charge is -2.21. The lowest BCUT2D eigenvalue weighted by Crippen LogP contribution is -2.32. The highest BCUT2D eigenvalue weighted by Crippen LogP contribution is 2.27. The molecular formula is C30H27N7O2S. The van der Waals surface area contributed by atoms with E-state index in [0.717, 1.165) is 16.0 Å². The fourth-order valence-corrected chi connectivity index (χ4v) is 5.08. The summed E-state index contributed by atoms with van der Waals surface area (Å²) in [5.74, 6) is -0.0987. The number of allylic oxidation sites excluding steroid dienone is 1. The first-order valence-corrected chi connectivity index (χ1v) is 13.4. The van der Waals surface area contributed by atoms with Gasteiger partial charge in [-0.15, -0.1) is 11.3 Å². The predicted molar refractivity (Wildman–Crippen MR) is 162 cm³/mol. The maximum Gasteiger partial charge on any atom is 0.263 e. The Balaban J connectivity index is 1.62. The number of hydrogen-bond donors (Lipinski definition) is 2. The van der Waals surface area contributed by atoms with E-state index in [4.69, 9.17) is 5.73 Å². The van der Waals surface area contributed by atoms with Crippen LogP contribution in [-0.4, -0.2) is 31.5 Å². The summed E-state index contributed by atoms with van der Waals surface area (Å²) in [7, 11) is 1.66. The molecule has 3 aromatic heterocycles. The Morgan fingerprint density at radius 1 is 1.18 bits per heavy atom. The van der Waals surface area contributed by atoms with Crippen LogP contribution in [0.1, 0.15) is 39.6 Å². The van der Waals surface area contributed by atoms with Gasteiger partial charge in [-0.3, -0.25) is 14.2 Å². The first kappa shape index (κ1) is 26.5. The number of hydrogen-bond acceptors (Lipinski definition) is 7. The predicted octanol–water partition coefficient (Wildman–Crippen LogP) is 5.31. The van der Waals surface area contributed by atoms with Crippen molar-refractivity contribution < 1.29 is 4.79 Å². The number of anilines is 1. The van der Waals surface area contributed by atoms with Gasteiger partial charge in [0, 0.05) is 36.2 Å². The maximum atomic E-state index is 14.2. The van der Waals surface area contributed by atoms with Crippen LogP contribution in [0.15, 0.2) is 88.6 Å². The van der Waals surface area contributed by atoms with Crippen LogP contribution in [0, 0.1) is 0 Å². The Kier molecular flexibility index (Phi) is 7.52. The minimum atomic E-state index is -0.574. The lowest BCUT2D eigenvalue weighted by molar-refractivity contribution is 0.0940. The number of thiazole rings is 1. The highest BCUT2D eigenvalue weighted by atomic mass is 32.1. The quantitative estimate of drug-likeness (QED) is 0.254. The molecule has 200 valence electrons. The Bertz CT molecular complexity index is 1820. The summed E-state index contributed by atoms with van der Waals surface area (Å²) in [4.78, 5) is 36.2. The Labute approximate surface area is 234 Å². The molecule has 5 aromatic rings. The monoisotopic (exact) mass is 549 g/mol. The Morgan fingerprint density at radius 2 is 1.98 bits per heavy atom. The van der Waals surface area contributed by atoms with E-state index in [1.165, 1.54) is 28.3 Å². The zero-order chi connectivity index (χ0) is 28.2. The second-order valence-corrected chi connectivity index (χ2v) is 9.90. The molecule has 1 unspecified atom stereocenters. The number of para-hydroxylation sites is 1. The second-order valence-electron chi connectivity index (χ2n) is 8.98. The van der Waals surface area contributed by atoms with Gasteiger partial charge in [0.1, 0.15) is 10.6 Å². The third kappa shape index (κ3) is 5.12. The van der Waals surface area contributed by atoms with Gasteiger partial charge in [-0.1, -0.05) is 55.1 Å². The number of nitrogens with zero attached hydrogens (tertiary/aromatic N) is 5. The number of fused-ring (bicyclic) bond motifs is 1. The van der Waals surface area contributed by atoms with Crippen molar-refractivity contribution in [1.29, 1.82) is 0 Å². The summed E-state index contributed by atoms with van der Waals surface area (Å²) in [6, 6.07) is 16.4. The van der Waals surface area contributed by atoms with E-state index in [1.54, 1.807) is 17.8 Å².